The second-order valence-electron chi connectivity index (χ2n) is 9.22. The highest BCUT2D eigenvalue weighted by Crippen LogP contribution is 2.49. The molecule has 2 aliphatic carbocycles. The number of nitrogens with one attached hydrogen (secondary N) is 1. The predicted octanol–water partition coefficient (Wildman–Crippen LogP) is 3.02. The van der Waals surface area contributed by atoms with E-state index in [1.54, 1.807) is 18.2 Å². The van der Waals surface area contributed by atoms with Crippen molar-refractivity contribution < 1.29 is 19.1 Å². The lowest BCUT2D eigenvalue weighted by atomic mass is 9.84. The van der Waals surface area contributed by atoms with E-state index >= 15 is 0 Å². The normalized spacial score (nSPS) is 31.4. The summed E-state index contributed by atoms with van der Waals surface area (Å²) < 4.78 is 5.58. The van der Waals surface area contributed by atoms with Crippen LogP contribution in [-0.4, -0.2) is 47.9 Å². The van der Waals surface area contributed by atoms with Gasteiger partial charge in [0.25, 0.3) is 17.7 Å². The molecule has 1 aromatic rings. The number of fused-ring (bicyclic) bond motifs is 3. The number of hydrogen-bond donors (Lipinski definition) is 1. The smallest absolute Gasteiger partial charge is 0.261 e. The molecule has 1 saturated heterocycles. The lowest BCUT2D eigenvalue weighted by Crippen LogP contribution is -2.40. The maximum absolute atomic E-state index is 12.8. The molecule has 6 nitrogen and oxygen atoms in total. The third-order valence-corrected chi connectivity index (χ3v) is 7.44. The molecular formula is C23H28N2O4. The largest absolute Gasteiger partial charge is 0.376 e. The molecule has 29 heavy (non-hydrogen) atoms. The molecule has 3 amide bonds. The van der Waals surface area contributed by atoms with Gasteiger partial charge in [0.15, 0.2) is 0 Å². The van der Waals surface area contributed by atoms with E-state index in [0.717, 1.165) is 24.7 Å². The molecule has 4 aliphatic rings. The molecular weight excluding hydrogens is 368 g/mol. The lowest BCUT2D eigenvalue weighted by molar-refractivity contribution is 0.0475. The SMILES string of the molecule is CC(NC(=O)c1ccc2c(c1)C(=O)N(CC1CCCO1)C2=O)C1CC2CCC1C2. The van der Waals surface area contributed by atoms with Crippen molar-refractivity contribution in [1.82, 2.24) is 10.2 Å². The highest BCUT2D eigenvalue weighted by molar-refractivity contribution is 6.22. The average molecular weight is 396 g/mol. The van der Waals surface area contributed by atoms with Crippen LogP contribution in [0.15, 0.2) is 18.2 Å². The van der Waals surface area contributed by atoms with Crippen LogP contribution >= 0.6 is 0 Å². The molecule has 0 aromatic heterocycles. The minimum atomic E-state index is -0.323. The Morgan fingerprint density at radius 3 is 2.69 bits per heavy atom. The van der Waals surface area contributed by atoms with E-state index in [9.17, 15) is 14.4 Å². The molecule has 5 rings (SSSR count). The Balaban J connectivity index is 1.28. The fraction of sp³-hybridized carbons (Fsp3) is 0.609. The van der Waals surface area contributed by atoms with Gasteiger partial charge in [-0.2, -0.15) is 0 Å². The first kappa shape index (κ1) is 18.8. The zero-order chi connectivity index (χ0) is 20.1. The second-order valence-corrected chi connectivity index (χ2v) is 9.22. The van der Waals surface area contributed by atoms with Gasteiger partial charge in [-0.1, -0.05) is 6.42 Å². The van der Waals surface area contributed by atoms with Gasteiger partial charge in [-0.25, -0.2) is 0 Å². The van der Waals surface area contributed by atoms with Crippen molar-refractivity contribution in [3.63, 3.8) is 0 Å². The van der Waals surface area contributed by atoms with Crippen molar-refractivity contribution in [2.45, 2.75) is 57.6 Å². The monoisotopic (exact) mass is 396 g/mol. The van der Waals surface area contributed by atoms with Crippen LogP contribution in [0.2, 0.25) is 0 Å². The van der Waals surface area contributed by atoms with Gasteiger partial charge in [0.2, 0.25) is 0 Å². The average Bonchev–Trinajstić information content (AvgIpc) is 3.51. The van der Waals surface area contributed by atoms with Crippen molar-refractivity contribution in [1.29, 1.82) is 0 Å². The van der Waals surface area contributed by atoms with E-state index in [1.807, 2.05) is 0 Å². The van der Waals surface area contributed by atoms with Gasteiger partial charge in [0.1, 0.15) is 0 Å². The third-order valence-electron chi connectivity index (χ3n) is 7.44. The number of rotatable bonds is 5. The van der Waals surface area contributed by atoms with Gasteiger partial charge in [-0.3, -0.25) is 19.3 Å². The second kappa shape index (κ2) is 7.24. The number of carbonyl (C=O) groups is 3. The molecule has 1 aromatic carbocycles. The number of benzene rings is 1. The summed E-state index contributed by atoms with van der Waals surface area (Å²) in [5.74, 6) is 1.35. The maximum Gasteiger partial charge on any atom is 0.261 e. The van der Waals surface area contributed by atoms with Crippen LogP contribution in [0.1, 0.15) is 76.5 Å². The van der Waals surface area contributed by atoms with Crippen molar-refractivity contribution >= 4 is 17.7 Å². The number of nitrogens with zero attached hydrogens (tertiary/aromatic N) is 1. The number of hydrogen-bond acceptors (Lipinski definition) is 4. The van der Waals surface area contributed by atoms with Crippen LogP contribution in [0.4, 0.5) is 0 Å². The summed E-state index contributed by atoms with van der Waals surface area (Å²) in [6.07, 6.45) is 6.88. The standard InChI is InChI=1S/C23H28N2O4/c1-13(19-10-14-4-5-15(19)9-14)24-21(26)16-6-7-18-20(11-16)23(28)25(22(18)27)12-17-3-2-8-29-17/h6-7,11,13-15,17,19H,2-5,8-10,12H2,1H3,(H,24,26). The molecule has 0 spiro atoms. The first-order chi connectivity index (χ1) is 14.0. The highest BCUT2D eigenvalue weighted by Gasteiger charge is 2.42. The van der Waals surface area contributed by atoms with Gasteiger partial charge in [-0.15, -0.1) is 0 Å². The number of imide groups is 1. The fourth-order valence-electron chi connectivity index (χ4n) is 5.89. The molecule has 154 valence electrons. The molecule has 6 heteroatoms. The third kappa shape index (κ3) is 3.27. The van der Waals surface area contributed by atoms with Crippen LogP contribution in [0.25, 0.3) is 0 Å². The Morgan fingerprint density at radius 1 is 1.17 bits per heavy atom. The summed E-state index contributed by atoms with van der Waals surface area (Å²) >= 11 is 0. The van der Waals surface area contributed by atoms with Crippen molar-refractivity contribution in [2.24, 2.45) is 17.8 Å². The zero-order valence-electron chi connectivity index (χ0n) is 16.9. The summed E-state index contributed by atoms with van der Waals surface area (Å²) in [7, 11) is 0. The van der Waals surface area contributed by atoms with Crippen LogP contribution in [0, 0.1) is 17.8 Å². The van der Waals surface area contributed by atoms with E-state index in [4.69, 9.17) is 4.74 Å². The zero-order valence-corrected chi connectivity index (χ0v) is 16.9. The first-order valence-corrected chi connectivity index (χ1v) is 10.9. The number of carbonyl (C=O) groups excluding carboxylic acids is 3. The molecule has 3 fully saturated rings. The quantitative estimate of drug-likeness (QED) is 0.777. The molecule has 0 radical (unpaired) electrons. The summed E-state index contributed by atoms with van der Waals surface area (Å²) in [6.45, 7) is 3.06. The van der Waals surface area contributed by atoms with Crippen LogP contribution in [-0.2, 0) is 4.74 Å². The Hall–Kier alpha value is -2.21. The van der Waals surface area contributed by atoms with Gasteiger partial charge in [0.05, 0.1) is 23.8 Å². The van der Waals surface area contributed by atoms with Crippen molar-refractivity contribution in [3.8, 4) is 0 Å². The lowest BCUT2D eigenvalue weighted by Gasteiger charge is -2.28. The Labute approximate surface area is 171 Å². The van der Waals surface area contributed by atoms with Crippen LogP contribution < -0.4 is 5.32 Å². The molecule has 2 bridgehead atoms. The molecule has 5 unspecified atom stereocenters. The minimum Gasteiger partial charge on any atom is -0.376 e. The van der Waals surface area contributed by atoms with E-state index in [0.29, 0.717) is 29.2 Å². The molecule has 2 aliphatic heterocycles. The van der Waals surface area contributed by atoms with Crippen LogP contribution in [0.5, 0.6) is 0 Å². The maximum atomic E-state index is 12.8. The topological polar surface area (TPSA) is 75.7 Å². The summed E-state index contributed by atoms with van der Waals surface area (Å²) in [4.78, 5) is 39.5. The first-order valence-electron chi connectivity index (χ1n) is 10.9. The van der Waals surface area contributed by atoms with E-state index in [1.165, 1.54) is 30.6 Å². The Morgan fingerprint density at radius 2 is 2.00 bits per heavy atom. The predicted molar refractivity (Wildman–Crippen MR) is 107 cm³/mol. The van der Waals surface area contributed by atoms with E-state index in [2.05, 4.69) is 12.2 Å². The molecule has 5 atom stereocenters. The Kier molecular flexibility index (Phi) is 4.69. The van der Waals surface area contributed by atoms with Crippen molar-refractivity contribution in [3.05, 3.63) is 34.9 Å². The molecule has 2 saturated carbocycles. The van der Waals surface area contributed by atoms with E-state index in [-0.39, 0.29) is 36.4 Å². The minimum absolute atomic E-state index is 0.0809. The van der Waals surface area contributed by atoms with Gasteiger partial charge in [0, 0.05) is 18.2 Å². The van der Waals surface area contributed by atoms with E-state index < -0.39 is 0 Å². The summed E-state index contributed by atoms with van der Waals surface area (Å²) in [5.41, 5.74) is 1.15. The van der Waals surface area contributed by atoms with Gasteiger partial charge in [-0.05, 0) is 75.0 Å². The number of amides is 3. The summed E-state index contributed by atoms with van der Waals surface area (Å²) in [6, 6.07) is 4.97. The fourth-order valence-corrected chi connectivity index (χ4v) is 5.89. The molecule has 2 heterocycles. The Bertz CT molecular complexity index is 860. The number of ether oxygens (including phenoxy) is 1. The highest BCUT2D eigenvalue weighted by atomic mass is 16.5. The van der Waals surface area contributed by atoms with Crippen molar-refractivity contribution in [2.75, 3.05) is 13.2 Å². The van der Waals surface area contributed by atoms with Crippen LogP contribution in [0.3, 0.4) is 0 Å². The molecule has 1 N–H and O–H groups in total. The summed E-state index contributed by atoms with van der Waals surface area (Å²) in [5, 5.41) is 3.14. The van der Waals surface area contributed by atoms with Gasteiger partial charge < -0.3 is 10.1 Å². The van der Waals surface area contributed by atoms with Gasteiger partial charge >= 0.3 is 0 Å².